The molecule has 6 aromatic rings. The number of fused-ring (bicyclic) bond motifs is 6. The van der Waals surface area contributed by atoms with E-state index in [0.717, 1.165) is 82.0 Å². The van der Waals surface area contributed by atoms with Gasteiger partial charge in [-0.15, -0.1) is 18.2 Å². The number of aliphatic hydroxyl groups excluding tert-OH is 1. The molecule has 6 rings (SSSR count). The molecule has 5 nitrogen and oxygen atoms in total. The van der Waals surface area contributed by atoms with Gasteiger partial charge in [0.05, 0.1) is 11.1 Å². The van der Waals surface area contributed by atoms with Crippen LogP contribution in [0.15, 0.2) is 83.0 Å². The zero-order valence-corrected chi connectivity index (χ0v) is 33.4. The first kappa shape index (κ1) is 38.9. The Labute approximate surface area is 310 Å². The Morgan fingerprint density at radius 3 is 2.20 bits per heavy atom. The molecule has 2 aromatic heterocycles. The molecule has 1 radical (unpaired) electrons. The fourth-order valence-corrected chi connectivity index (χ4v) is 6.50. The number of allylic oxidation sites excluding steroid dienone is 2. The van der Waals surface area contributed by atoms with Gasteiger partial charge in [0.2, 0.25) is 0 Å². The smallest absolute Gasteiger partial charge is 0.164 e. The first-order valence-electron chi connectivity index (χ1n) is 17.9. The second-order valence-corrected chi connectivity index (χ2v) is 14.3. The maximum absolute atomic E-state index is 12.2. The molecule has 0 unspecified atom stereocenters. The van der Waals surface area contributed by atoms with E-state index >= 15 is 0 Å². The van der Waals surface area contributed by atoms with Crippen LogP contribution in [0.3, 0.4) is 0 Å². The van der Waals surface area contributed by atoms with E-state index in [1.54, 1.807) is 0 Å². The molecule has 0 bridgehead atoms. The number of hydrogen-bond donors (Lipinski definition) is 1. The fourth-order valence-electron chi connectivity index (χ4n) is 6.50. The van der Waals surface area contributed by atoms with Crippen LogP contribution < -0.4 is 0 Å². The van der Waals surface area contributed by atoms with Gasteiger partial charge in [0.15, 0.2) is 5.78 Å². The number of furan rings is 1. The minimum Gasteiger partial charge on any atom is -0.512 e. The summed E-state index contributed by atoms with van der Waals surface area (Å²) in [6.07, 6.45) is 5.77. The average molecular weight is 848 g/mol. The maximum atomic E-state index is 12.2. The summed E-state index contributed by atoms with van der Waals surface area (Å²) in [6, 6.07) is 26.5. The second kappa shape index (κ2) is 16.0. The van der Waals surface area contributed by atoms with Crippen molar-refractivity contribution < 1.29 is 34.4 Å². The van der Waals surface area contributed by atoms with Crippen LogP contribution in [-0.2, 0) is 31.3 Å². The van der Waals surface area contributed by atoms with Crippen molar-refractivity contribution in [2.75, 3.05) is 0 Å². The summed E-state index contributed by atoms with van der Waals surface area (Å²) in [5, 5.41) is 15.8. The molecular formula is C44H51IrN2O3-. The number of aliphatic hydroxyl groups is 1. The van der Waals surface area contributed by atoms with Crippen molar-refractivity contribution in [2.45, 2.75) is 94.4 Å². The quantitative estimate of drug-likeness (QED) is 0.0643. The third kappa shape index (κ3) is 7.57. The topological polar surface area (TPSA) is 76.2 Å². The monoisotopic (exact) mass is 848 g/mol. The van der Waals surface area contributed by atoms with Gasteiger partial charge in [0.1, 0.15) is 17.2 Å². The third-order valence-corrected chi connectivity index (χ3v) is 10.7. The predicted octanol–water partition coefficient (Wildman–Crippen LogP) is 12.3. The molecular weight excluding hydrogens is 797 g/mol. The molecule has 4 aromatic carbocycles. The molecule has 0 aliphatic heterocycles. The van der Waals surface area contributed by atoms with Crippen molar-refractivity contribution in [3.63, 3.8) is 0 Å². The minimum absolute atomic E-state index is 0. The SMILES string of the molecule is CCC(C)(CC)C(=O)/C=C(\O)C(C)(CC)CC.Cc1nc(-c2[c-]ccc3c2oc2ccccc23)c2ccc3cccc(CC(C)C)c3c2n1.[Ir]. The van der Waals surface area contributed by atoms with E-state index in [4.69, 9.17) is 14.4 Å². The Hall–Kier alpha value is -3.86. The van der Waals surface area contributed by atoms with Crippen molar-refractivity contribution in [1.29, 1.82) is 0 Å². The van der Waals surface area contributed by atoms with Gasteiger partial charge in [0.25, 0.3) is 0 Å². The first-order valence-corrected chi connectivity index (χ1v) is 17.9. The number of para-hydroxylation sites is 1. The van der Waals surface area contributed by atoms with Crippen LogP contribution >= 0.6 is 0 Å². The van der Waals surface area contributed by atoms with Crippen LogP contribution in [-0.4, -0.2) is 20.9 Å². The second-order valence-electron chi connectivity index (χ2n) is 14.3. The van der Waals surface area contributed by atoms with Crippen LogP contribution in [0.25, 0.3) is 54.9 Å². The van der Waals surface area contributed by atoms with Gasteiger partial charge in [-0.2, -0.15) is 0 Å². The van der Waals surface area contributed by atoms with Crippen molar-refractivity contribution in [2.24, 2.45) is 16.7 Å². The average Bonchev–Trinajstić information content (AvgIpc) is 3.49. The van der Waals surface area contributed by atoms with Crippen LogP contribution in [0.1, 0.15) is 92.5 Å². The minimum atomic E-state index is -0.337. The number of rotatable bonds is 10. The summed E-state index contributed by atoms with van der Waals surface area (Å²) >= 11 is 0. The number of aryl methyl sites for hydroxylation is 1. The summed E-state index contributed by atoms with van der Waals surface area (Å²) in [5.74, 6) is 1.60. The van der Waals surface area contributed by atoms with E-state index in [2.05, 4.69) is 62.4 Å². The van der Waals surface area contributed by atoms with Crippen molar-refractivity contribution >= 4 is 49.4 Å². The summed E-state index contributed by atoms with van der Waals surface area (Å²) in [6.45, 7) is 18.6. The van der Waals surface area contributed by atoms with Gasteiger partial charge in [0, 0.05) is 53.5 Å². The number of nitrogens with zero attached hydrogens (tertiary/aromatic N) is 2. The van der Waals surface area contributed by atoms with Gasteiger partial charge in [-0.3, -0.25) is 9.78 Å². The van der Waals surface area contributed by atoms with E-state index < -0.39 is 0 Å². The third-order valence-electron chi connectivity index (χ3n) is 10.7. The summed E-state index contributed by atoms with van der Waals surface area (Å²) in [7, 11) is 0. The summed E-state index contributed by atoms with van der Waals surface area (Å²) in [5.41, 5.74) is 5.19. The van der Waals surface area contributed by atoms with Gasteiger partial charge >= 0.3 is 0 Å². The molecule has 0 aliphatic rings. The molecule has 2 heterocycles. The molecule has 0 fully saturated rings. The van der Waals surface area contributed by atoms with E-state index in [1.807, 2.05) is 72.7 Å². The molecule has 50 heavy (non-hydrogen) atoms. The number of carbonyl (C=O) groups excluding carboxylic acids is 1. The Bertz CT molecular complexity index is 2150. The standard InChI is InChI=1S/C29H23N2O.C15H28O2.Ir/c1-17(2)16-20-9-6-8-19-14-15-23-27(30-18(3)31-28(23)26(19)20)24-12-7-11-22-21-10-4-5-13-25(21)32-29(22)24;1-7-14(5,8-2)12(16)11-13(17)15(6,9-3)10-4;/h4-11,13-15,17H,16H2,1-3H3;11,16H,7-10H2,1-6H3;/q-1;;/b;12-11-;. The molecule has 1 N–H and O–H groups in total. The van der Waals surface area contributed by atoms with Crippen molar-refractivity contribution in [1.82, 2.24) is 9.97 Å². The van der Waals surface area contributed by atoms with Crippen LogP contribution in [0.5, 0.6) is 0 Å². The van der Waals surface area contributed by atoms with E-state index in [0.29, 0.717) is 5.92 Å². The summed E-state index contributed by atoms with van der Waals surface area (Å²) < 4.78 is 6.30. The zero-order valence-electron chi connectivity index (χ0n) is 31.0. The van der Waals surface area contributed by atoms with Gasteiger partial charge in [-0.05, 0) is 67.3 Å². The Morgan fingerprint density at radius 1 is 0.860 bits per heavy atom. The molecule has 0 aliphatic carbocycles. The van der Waals surface area contributed by atoms with Gasteiger partial charge < -0.3 is 9.52 Å². The van der Waals surface area contributed by atoms with Crippen LogP contribution in [0.4, 0.5) is 0 Å². The van der Waals surface area contributed by atoms with Gasteiger partial charge in [-0.1, -0.05) is 115 Å². The van der Waals surface area contributed by atoms with Gasteiger partial charge in [-0.25, -0.2) is 4.98 Å². The Morgan fingerprint density at radius 2 is 1.54 bits per heavy atom. The molecule has 0 spiro atoms. The Balaban J connectivity index is 0.000000269. The number of aromatic nitrogens is 2. The molecule has 0 saturated heterocycles. The van der Waals surface area contributed by atoms with Crippen molar-refractivity contribution in [3.8, 4) is 11.3 Å². The zero-order chi connectivity index (χ0) is 35.5. The number of hydrogen-bond acceptors (Lipinski definition) is 5. The molecule has 265 valence electrons. The Kier molecular flexibility index (Phi) is 12.5. The fraction of sp³-hybridized carbons (Fsp3) is 0.386. The maximum Gasteiger partial charge on any atom is 0.164 e. The van der Waals surface area contributed by atoms with E-state index in [1.165, 1.54) is 22.4 Å². The molecule has 0 saturated carbocycles. The predicted molar refractivity (Wildman–Crippen MR) is 205 cm³/mol. The normalized spacial score (nSPS) is 12.4. The van der Waals surface area contributed by atoms with Crippen LogP contribution in [0, 0.1) is 29.7 Å². The van der Waals surface area contributed by atoms with E-state index in [-0.39, 0.29) is 42.5 Å². The van der Waals surface area contributed by atoms with Crippen molar-refractivity contribution in [3.05, 3.63) is 96.0 Å². The number of carbonyl (C=O) groups is 1. The van der Waals surface area contributed by atoms with Crippen LogP contribution in [0.2, 0.25) is 0 Å². The molecule has 0 atom stereocenters. The summed E-state index contributed by atoms with van der Waals surface area (Å²) in [4.78, 5) is 22.0. The molecule has 6 heteroatoms. The number of ketones is 1. The largest absolute Gasteiger partial charge is 0.512 e. The molecule has 0 amide bonds. The van der Waals surface area contributed by atoms with E-state index in [9.17, 15) is 9.90 Å². The number of benzene rings is 4. The first-order chi connectivity index (χ1) is 23.4.